The van der Waals surface area contributed by atoms with Crippen LogP contribution in [0.1, 0.15) is 25.0 Å². The molecule has 0 saturated heterocycles. The Hall–Kier alpha value is -7.40. The Morgan fingerprint density at radius 2 is 0.844 bits per heavy atom. The number of aliphatic hydroxyl groups is 2. The molecule has 0 amide bonds. The average molecular weight is 849 g/mol. The Labute approximate surface area is 373 Å². The van der Waals surface area contributed by atoms with Gasteiger partial charge in [0, 0.05) is 56.7 Å². The number of hydrogen-bond donors (Lipinski definition) is 2. The molecule has 10 nitrogen and oxygen atoms in total. The van der Waals surface area contributed by atoms with Gasteiger partial charge in [0.05, 0.1) is 36.9 Å². The van der Waals surface area contributed by atoms with Gasteiger partial charge in [0.1, 0.15) is 36.9 Å². The van der Waals surface area contributed by atoms with Crippen LogP contribution in [0.25, 0.3) is 43.6 Å². The predicted octanol–water partition coefficient (Wildman–Crippen LogP) is 10.5. The minimum Gasteiger partial charge on any atom is -0.491 e. The summed E-state index contributed by atoms with van der Waals surface area (Å²) in [5.74, 6) is 1.17. The lowest BCUT2D eigenvalue weighted by Crippen LogP contribution is -2.32. The topological polar surface area (TPSA) is 100.0 Å². The Morgan fingerprint density at radius 1 is 0.469 bits per heavy atom. The second-order valence-electron chi connectivity index (χ2n) is 15.8. The van der Waals surface area contributed by atoms with Crippen molar-refractivity contribution in [2.75, 3.05) is 36.3 Å². The molecule has 2 atom stereocenters. The number of ether oxygens (including phenoxy) is 2. The van der Waals surface area contributed by atoms with Crippen LogP contribution in [0.15, 0.2) is 180 Å². The number of para-hydroxylation sites is 4. The van der Waals surface area contributed by atoms with Gasteiger partial charge in [-0.15, -0.1) is 0 Å². The molecule has 2 N–H and O–H groups in total. The molecule has 9 aromatic rings. The number of fused-ring (bicyclic) bond motifs is 6. The van der Waals surface area contributed by atoms with Crippen molar-refractivity contribution in [3.63, 3.8) is 0 Å². The van der Waals surface area contributed by atoms with Crippen molar-refractivity contribution in [1.29, 1.82) is 0 Å². The third-order valence-electron chi connectivity index (χ3n) is 11.5. The molecule has 0 aliphatic rings. The van der Waals surface area contributed by atoms with E-state index in [0.29, 0.717) is 11.5 Å². The van der Waals surface area contributed by atoms with E-state index >= 15 is 0 Å². The number of hydrazone groups is 2. The Balaban J connectivity index is 0.805. The highest BCUT2D eigenvalue weighted by atomic mass is 16.5. The molecule has 0 radical (unpaired) electrons. The van der Waals surface area contributed by atoms with E-state index < -0.39 is 12.2 Å². The molecule has 0 aliphatic heterocycles. The van der Waals surface area contributed by atoms with Crippen molar-refractivity contribution in [2.24, 2.45) is 10.2 Å². The van der Waals surface area contributed by atoms with Crippen molar-refractivity contribution in [2.45, 2.75) is 39.1 Å². The molecule has 2 heterocycles. The third kappa shape index (κ3) is 9.20. The molecule has 0 fully saturated rings. The highest BCUT2D eigenvalue weighted by molar-refractivity contribution is 6.10. The molecular formula is C54H52N6O4. The Morgan fingerprint density at radius 3 is 1.25 bits per heavy atom. The molecule has 0 aliphatic carbocycles. The molecule has 10 heteroatoms. The number of aromatic nitrogens is 2. The second-order valence-corrected chi connectivity index (χ2v) is 15.8. The number of hydrogen-bond acceptors (Lipinski definition) is 8. The fourth-order valence-corrected chi connectivity index (χ4v) is 8.42. The molecule has 0 spiro atoms. The first-order valence-corrected chi connectivity index (χ1v) is 21.9. The number of rotatable bonds is 18. The zero-order chi connectivity index (χ0) is 43.8. The van der Waals surface area contributed by atoms with E-state index in [1.165, 1.54) is 43.6 Å². The summed E-state index contributed by atoms with van der Waals surface area (Å²) in [6, 6.07) is 56.6. The van der Waals surface area contributed by atoms with E-state index in [2.05, 4.69) is 108 Å². The Kier molecular flexibility index (Phi) is 12.7. The number of nitrogens with zero attached hydrogens (tertiary/aromatic N) is 6. The summed E-state index contributed by atoms with van der Waals surface area (Å²) in [6.45, 7) is 6.68. The van der Waals surface area contributed by atoms with Crippen LogP contribution < -0.4 is 19.5 Å². The minimum atomic E-state index is -0.838. The zero-order valence-electron chi connectivity index (χ0n) is 36.1. The third-order valence-corrected chi connectivity index (χ3v) is 11.5. The average Bonchev–Trinajstić information content (AvgIpc) is 3.84. The minimum absolute atomic E-state index is 0.0615. The van der Waals surface area contributed by atoms with Crippen molar-refractivity contribution >= 4 is 67.4 Å². The van der Waals surface area contributed by atoms with E-state index in [-0.39, 0.29) is 26.3 Å². The van der Waals surface area contributed by atoms with Gasteiger partial charge in [-0.3, -0.25) is 10.0 Å². The molecule has 2 aromatic heterocycles. The van der Waals surface area contributed by atoms with Crippen molar-refractivity contribution in [1.82, 2.24) is 9.13 Å². The second kappa shape index (κ2) is 19.3. The maximum atomic E-state index is 11.2. The monoisotopic (exact) mass is 848 g/mol. The molecule has 64 heavy (non-hydrogen) atoms. The molecule has 9 rings (SSSR count). The molecule has 0 saturated carbocycles. The molecule has 7 aromatic carbocycles. The highest BCUT2D eigenvalue weighted by Gasteiger charge is 2.16. The largest absolute Gasteiger partial charge is 0.491 e. The van der Waals surface area contributed by atoms with E-state index in [1.807, 2.05) is 73.1 Å². The summed E-state index contributed by atoms with van der Waals surface area (Å²) in [5, 5.41) is 40.4. The molecule has 2 unspecified atom stereocenters. The van der Waals surface area contributed by atoms with Crippen LogP contribution in [0.4, 0.5) is 11.4 Å². The summed E-state index contributed by atoms with van der Waals surface area (Å²) < 4.78 is 16.7. The molecular weight excluding hydrogens is 797 g/mol. The van der Waals surface area contributed by atoms with Gasteiger partial charge < -0.3 is 28.8 Å². The lowest BCUT2D eigenvalue weighted by molar-refractivity contribution is 0.110. The van der Waals surface area contributed by atoms with E-state index in [1.54, 1.807) is 34.3 Å². The summed E-state index contributed by atoms with van der Waals surface area (Å²) in [5.41, 5.74) is 8.48. The maximum Gasteiger partial charge on any atom is 0.119 e. The number of aliphatic hydroxyl groups excluding tert-OH is 2. The normalized spacial score (nSPS) is 12.8. The van der Waals surface area contributed by atoms with Gasteiger partial charge >= 0.3 is 0 Å². The van der Waals surface area contributed by atoms with Gasteiger partial charge in [-0.1, -0.05) is 84.9 Å². The van der Waals surface area contributed by atoms with E-state index in [0.717, 1.165) is 35.6 Å². The van der Waals surface area contributed by atoms with E-state index in [4.69, 9.17) is 19.7 Å². The molecule has 322 valence electrons. The van der Waals surface area contributed by atoms with Crippen molar-refractivity contribution in [3.8, 4) is 11.5 Å². The van der Waals surface area contributed by atoms with Crippen LogP contribution >= 0.6 is 0 Å². The highest BCUT2D eigenvalue weighted by Crippen LogP contribution is 2.31. The van der Waals surface area contributed by atoms with Gasteiger partial charge in [-0.05, 0) is 110 Å². The zero-order valence-corrected chi connectivity index (χ0v) is 36.1. The number of benzene rings is 7. The standard InChI is InChI=1S/C54H52N6O4/c1-3-57-51-21-13-11-19-47(51)49-31-39(23-29-53(49)57)33-55-59(41-15-7-5-8-16-41)35-43(61)37-63-45-25-27-46(28-26-45)64-38-44(62)36-60(42-17-9-6-10-18-42)56-34-40-24-30-54-50(32-40)48-20-12-14-22-52(48)58(54)4-2/h5-34,43-44,61-62H,3-4,35-38H2,1-2H3. The first-order chi connectivity index (χ1) is 31.4. The van der Waals surface area contributed by atoms with Crippen LogP contribution in [-0.4, -0.2) is 70.3 Å². The SMILES string of the molecule is CCn1c2ccccc2c2cc(C=NN(CC(O)COc3ccc(OCC(O)CN(N=Cc4ccc5c(c4)c4ccccc4n5CC)c4ccccc4)cc3)c3ccccc3)ccc21. The van der Waals surface area contributed by atoms with Gasteiger partial charge in [0.25, 0.3) is 0 Å². The fourth-order valence-electron chi connectivity index (χ4n) is 8.42. The van der Waals surface area contributed by atoms with Crippen LogP contribution in [0.2, 0.25) is 0 Å². The number of anilines is 2. The van der Waals surface area contributed by atoms with Gasteiger partial charge in [0.15, 0.2) is 0 Å². The van der Waals surface area contributed by atoms with Crippen LogP contribution in [0.3, 0.4) is 0 Å². The quantitative estimate of drug-likeness (QED) is 0.0659. The number of aryl methyl sites for hydroxylation is 2. The van der Waals surface area contributed by atoms with Crippen LogP contribution in [-0.2, 0) is 13.1 Å². The smallest absolute Gasteiger partial charge is 0.119 e. The van der Waals surface area contributed by atoms with Gasteiger partial charge in [-0.25, -0.2) is 0 Å². The first kappa shape index (κ1) is 41.9. The van der Waals surface area contributed by atoms with Crippen molar-refractivity contribution in [3.05, 3.63) is 181 Å². The lowest BCUT2D eigenvalue weighted by atomic mass is 10.1. The Bertz CT molecular complexity index is 2830. The maximum absolute atomic E-state index is 11.2. The summed E-state index contributed by atoms with van der Waals surface area (Å²) in [6.07, 6.45) is 2.01. The van der Waals surface area contributed by atoms with Crippen LogP contribution in [0, 0.1) is 0 Å². The van der Waals surface area contributed by atoms with Gasteiger partial charge in [-0.2, -0.15) is 10.2 Å². The van der Waals surface area contributed by atoms with Gasteiger partial charge in [0.2, 0.25) is 0 Å². The van der Waals surface area contributed by atoms with E-state index in [9.17, 15) is 10.2 Å². The molecule has 0 bridgehead atoms. The fraction of sp³-hybridized carbons (Fsp3) is 0.185. The lowest BCUT2D eigenvalue weighted by Gasteiger charge is -2.23. The summed E-state index contributed by atoms with van der Waals surface area (Å²) >= 11 is 0. The predicted molar refractivity (Wildman–Crippen MR) is 262 cm³/mol. The summed E-state index contributed by atoms with van der Waals surface area (Å²) in [7, 11) is 0. The first-order valence-electron chi connectivity index (χ1n) is 21.9. The summed E-state index contributed by atoms with van der Waals surface area (Å²) in [4.78, 5) is 0. The van der Waals surface area contributed by atoms with Crippen molar-refractivity contribution < 1.29 is 19.7 Å². The van der Waals surface area contributed by atoms with Crippen LogP contribution in [0.5, 0.6) is 11.5 Å².